The van der Waals surface area contributed by atoms with E-state index in [4.69, 9.17) is 59.2 Å². The smallest absolute Gasteiger partial charge is 0.351 e. The van der Waals surface area contributed by atoms with Crippen molar-refractivity contribution >= 4 is 56.7 Å². The van der Waals surface area contributed by atoms with Crippen molar-refractivity contribution in [3.8, 4) is 0 Å². The molecule has 6 aliphatic heterocycles. The maximum Gasteiger partial charge on any atom is 0.351 e. The van der Waals surface area contributed by atoms with Crippen LogP contribution >= 0.6 is 33.4 Å². The molecule has 5 fully saturated rings. The Hall–Kier alpha value is -8.60. The highest BCUT2D eigenvalue weighted by molar-refractivity contribution is 8.12. The van der Waals surface area contributed by atoms with E-state index in [-0.39, 0.29) is 116 Å². The predicted molar refractivity (Wildman–Crippen MR) is 484 cm³/mol. The molecule has 4 aromatic carbocycles. The molecule has 32 nitrogen and oxygen atoms in total. The van der Waals surface area contributed by atoms with Crippen LogP contribution in [0.15, 0.2) is 211 Å². The first-order valence-corrected chi connectivity index (χ1v) is 49.1. The van der Waals surface area contributed by atoms with Crippen LogP contribution in [-0.2, 0) is 78.6 Å². The number of hydrogen-bond donors (Lipinski definition) is 6. The van der Waals surface area contributed by atoms with Gasteiger partial charge in [-0.15, -0.1) is 0 Å². The van der Waals surface area contributed by atoms with Crippen molar-refractivity contribution in [2.75, 3.05) is 64.7 Å². The molecule has 8 N–H and O–H groups in total. The highest BCUT2D eigenvalue weighted by Gasteiger charge is 2.62. The van der Waals surface area contributed by atoms with Crippen LogP contribution in [0, 0.1) is 23.7 Å². The van der Waals surface area contributed by atoms with Crippen molar-refractivity contribution in [1.29, 1.82) is 0 Å². The number of ether oxygens (including phenoxy) is 9. The van der Waals surface area contributed by atoms with Crippen LogP contribution in [0.5, 0.6) is 0 Å². The van der Waals surface area contributed by atoms with Gasteiger partial charge in [-0.05, 0) is 79.5 Å². The van der Waals surface area contributed by atoms with Gasteiger partial charge in [0.05, 0.1) is 70.5 Å². The fourth-order valence-electron chi connectivity index (χ4n) is 17.0. The molecule has 40 heteroatoms. The van der Waals surface area contributed by atoms with Crippen LogP contribution in [-0.4, -0.2) is 198 Å². The zero-order chi connectivity index (χ0) is 94.0. The number of nitrogens with two attached hydrogens (primary N) is 2. The third-order valence-electron chi connectivity index (χ3n) is 24.7. The average Bonchev–Trinajstić information content (AvgIpc) is 1.59. The molecular weight excluding hydrogens is 1760 g/mol. The number of alkyl halides is 4. The van der Waals surface area contributed by atoms with Gasteiger partial charge in [0, 0.05) is 82.3 Å². The molecule has 0 bridgehead atoms. The molecule has 0 radical (unpaired) electrons. The number of aliphatic hydroxyl groups excluding tert-OH is 3. The van der Waals surface area contributed by atoms with Crippen molar-refractivity contribution in [3.63, 3.8) is 0 Å². The lowest BCUT2D eigenvalue weighted by Crippen LogP contribution is -2.56. The number of carbonyl (C=O) groups excluding carboxylic acids is 2. The zero-order valence-corrected chi connectivity index (χ0v) is 77.7. The Bertz CT molecular complexity index is 5280. The quantitative estimate of drug-likeness (QED) is 0.0144. The van der Waals surface area contributed by atoms with Crippen LogP contribution in [0.2, 0.25) is 0 Å². The second-order valence-electron chi connectivity index (χ2n) is 32.5. The number of nitrogen functional groups attached to an aromatic ring is 2. The fraction of sp³-hybridized carbons (Fsp3) is 0.506. The monoisotopic (exact) mass is 1880 g/mol. The minimum Gasteiger partial charge on any atom is -0.394 e. The van der Waals surface area contributed by atoms with Gasteiger partial charge in [0.25, 0.3) is 11.1 Å². The molecule has 5 saturated heterocycles. The Kier molecular flexibility index (Phi) is 36.3. The van der Waals surface area contributed by atoms with Gasteiger partial charge in [0.15, 0.2) is 42.5 Å². The van der Waals surface area contributed by atoms with E-state index in [9.17, 15) is 71.2 Å². The van der Waals surface area contributed by atoms with Crippen LogP contribution in [0.1, 0.15) is 135 Å². The largest absolute Gasteiger partial charge is 0.394 e. The first kappa shape index (κ1) is 103. The number of anilines is 2. The molecule has 6 aliphatic rings. The normalized spacial score (nSPS) is 29.7. The summed E-state index contributed by atoms with van der Waals surface area (Å²) in [4.78, 5) is 107. The highest BCUT2D eigenvalue weighted by Crippen LogP contribution is 2.51. The van der Waals surface area contributed by atoms with Gasteiger partial charge in [0.2, 0.25) is 5.91 Å². The fourth-order valence-corrected chi connectivity index (χ4v) is 19.7. The van der Waals surface area contributed by atoms with E-state index < -0.39 is 149 Å². The number of aliphatic hydroxyl groups is 4. The number of halogens is 4. The third-order valence-corrected chi connectivity index (χ3v) is 28.1. The molecule has 14 rings (SSSR count). The lowest BCUT2D eigenvalue weighted by Gasteiger charge is -2.39. The number of nitrogens with zero attached hydrogens (tertiary/aromatic N) is 9. The first-order valence-electron chi connectivity index (χ1n) is 42.4. The second-order valence-corrected chi connectivity index (χ2v) is 40.0. The van der Waals surface area contributed by atoms with E-state index in [0.29, 0.717) is 25.7 Å². The molecule has 4 unspecified atom stereocenters. The lowest BCUT2D eigenvalue weighted by atomic mass is 9.85. The average molecular weight is 1880 g/mol. The van der Waals surface area contributed by atoms with Crippen LogP contribution in [0.3, 0.4) is 0 Å². The zero-order valence-electron chi connectivity index (χ0n) is 73.6. The standard InChI is InChI=1S/C20H27FN2O4P2.C20H24FNO4.C20H28N2O5P2.C19H24FN3O3.C10H14FN3O5/c1-4-16-14(2)20(13-21,26-12-15-8-6-5-7-9-15)18(27-16)22-11-10-17(24)23(19(22)25)29(3)28;1-3-17-14(2)20(13-21,25-12-15-7-5-4-6-8-15)19(26-17)22-10-9-16(23)11-18(22)24;1-4-16-14(2)20(13-23,26-12-15-8-6-5-7-9-15)18(27-16)21-11-10-17(24)22(19(21)25)29(3)28;1-3-15-13(2)19(12-20,25-11-14-7-5-4-6-8-14)17(26-15)23-10-9-16(21)22-18(23)24;11-4-10(18)7(16)5(3-15)19-8(10)14-2-1-6(12)13-9(14)17/h5-11,14,16,18H,4,12-13,28H2,1-3H3;4-10,14,17,19H,3,11-13H2,1-2H3;5-11,14,16,18,23H,4,12-13,28H2,1-3H3;4-10,13,15,17H,3,11-12H2,1-2H3,(H2,21,22,24);1-2,5,7-8,15-16,18H,3-4H2,(H2,12,13,17)/t14-,16-,18-,20-,29?;14-,17-,19-,20-;14-,16-,18-,20-,29?;13-,15-,17-,19-;5-,7-,8-,10-/m11111/s1. The van der Waals surface area contributed by atoms with Crippen LogP contribution < -0.4 is 45.3 Å². The van der Waals surface area contributed by atoms with Crippen molar-refractivity contribution in [1.82, 2.24) is 41.8 Å². The summed E-state index contributed by atoms with van der Waals surface area (Å²) < 4.78 is 118. The summed E-state index contributed by atoms with van der Waals surface area (Å²) >= 11 is 0. The Morgan fingerprint density at radius 2 is 0.760 bits per heavy atom. The van der Waals surface area contributed by atoms with Crippen molar-refractivity contribution in [2.45, 2.75) is 210 Å². The van der Waals surface area contributed by atoms with E-state index in [1.54, 1.807) is 6.66 Å². The maximum atomic E-state index is 14.6. The predicted octanol–water partition coefficient (Wildman–Crippen LogP) is 9.58. The molecule has 702 valence electrons. The summed E-state index contributed by atoms with van der Waals surface area (Å²) in [5.41, 5.74) is 4.10. The molecule has 129 heavy (non-hydrogen) atoms. The van der Waals surface area contributed by atoms with E-state index in [0.717, 1.165) is 26.8 Å². The number of benzene rings is 4. The second kappa shape index (κ2) is 45.7. The number of carbonyl (C=O) groups is 2. The molecule has 0 aliphatic carbocycles. The molecule has 24 atom stereocenters. The number of ketones is 1. The van der Waals surface area contributed by atoms with Crippen molar-refractivity contribution in [2.24, 2.45) is 23.7 Å². The molecular formula is C89H117F4N11O21P4. The summed E-state index contributed by atoms with van der Waals surface area (Å²) in [6.45, 7) is 15.4. The number of aromatic nitrogens is 8. The molecule has 8 aromatic rings. The van der Waals surface area contributed by atoms with Crippen molar-refractivity contribution < 1.29 is 90.2 Å². The van der Waals surface area contributed by atoms with Gasteiger partial charge in [-0.25, -0.2) is 45.4 Å². The Morgan fingerprint density at radius 1 is 0.450 bits per heavy atom. The minimum atomic E-state index is -2.34. The van der Waals surface area contributed by atoms with Gasteiger partial charge in [-0.3, -0.25) is 42.3 Å². The van der Waals surface area contributed by atoms with Gasteiger partial charge >= 0.3 is 22.8 Å². The molecule has 10 heterocycles. The summed E-state index contributed by atoms with van der Waals surface area (Å²) in [6, 6.07) is 43.6. The lowest BCUT2D eigenvalue weighted by molar-refractivity contribution is -0.178. The summed E-state index contributed by atoms with van der Waals surface area (Å²) in [7, 11) is 2.90. The molecule has 0 saturated carbocycles. The van der Waals surface area contributed by atoms with Gasteiger partial charge in [-0.1, -0.05) is 195 Å². The Labute approximate surface area is 750 Å². The van der Waals surface area contributed by atoms with E-state index in [2.05, 4.69) is 27.8 Å². The topological polar surface area (TPSA) is 411 Å². The van der Waals surface area contributed by atoms with E-state index >= 15 is 0 Å². The third kappa shape index (κ3) is 22.0. The minimum absolute atomic E-state index is 0.0395. The van der Waals surface area contributed by atoms with Crippen molar-refractivity contribution in [3.05, 3.63) is 268 Å². The van der Waals surface area contributed by atoms with Gasteiger partial charge < -0.3 is 74.5 Å². The highest BCUT2D eigenvalue weighted by atomic mass is 32.0. The van der Waals surface area contributed by atoms with E-state index in [1.165, 1.54) is 88.6 Å². The Balaban J connectivity index is 0.000000169. The number of amides is 1. The summed E-state index contributed by atoms with van der Waals surface area (Å²) in [5.74, 6) is -1.51. The van der Waals surface area contributed by atoms with E-state index in [1.807, 2.05) is 183 Å². The number of hydrogen-bond acceptors (Lipinski definition) is 25. The number of allylic oxidation sites excluding steroid dienone is 1. The molecule has 4 aromatic heterocycles. The molecule has 0 spiro atoms. The SMILES string of the molecule is CC[C@H]1O[C@@H](N2C=CC(=O)CC2=O)[C@](CF)(OCc2ccccc2)[C@@H]1C.CC[C@H]1O[C@@H](n2ccc(=O)n(P(C)P)c2=O)[C@](CF)(OCc2ccccc2)[C@@H]1C.CC[C@H]1O[C@@H](n2ccc(=O)n(P(C)P)c2=O)[C@](CO)(OCc2ccccc2)[C@@H]1C.CC[C@H]1O[C@@H](n2ccc(N)nc2=O)[C@](CF)(OCc2ccccc2)[C@@H]1C.Nc1ccn([C@@H]2O[C@H](CO)[C@@H](O)[C@]2(O)CF)c(=O)n1. The number of rotatable bonds is 29. The first-order chi connectivity index (χ1) is 61.7. The van der Waals surface area contributed by atoms with Gasteiger partial charge in [0.1, 0.15) is 72.9 Å². The maximum absolute atomic E-state index is 14.6. The van der Waals surface area contributed by atoms with Crippen LogP contribution in [0.4, 0.5) is 29.2 Å². The van der Waals surface area contributed by atoms with Crippen LogP contribution in [0.25, 0.3) is 0 Å². The summed E-state index contributed by atoms with van der Waals surface area (Å²) in [5, 5.41) is 39.3. The molecule has 1 amide bonds. The summed E-state index contributed by atoms with van der Waals surface area (Å²) in [6.07, 6.45) is 1.83. The Morgan fingerprint density at radius 3 is 1.08 bits per heavy atom. The van der Waals surface area contributed by atoms with Gasteiger partial charge in [-0.2, -0.15) is 9.97 Å².